The van der Waals surface area contributed by atoms with Crippen LogP contribution >= 0.6 is 15.9 Å². The number of aliphatic hydroxyl groups excluding tert-OH is 1. The molecule has 0 aliphatic rings. The molecule has 0 aromatic heterocycles. The van der Waals surface area contributed by atoms with Crippen LogP contribution in [0.5, 0.6) is 0 Å². The molecule has 2 aromatic rings. The van der Waals surface area contributed by atoms with Crippen LogP contribution in [-0.4, -0.2) is 5.11 Å². The SMILES string of the molecule is Cc1ccc(F)c(C(O)c2ccc(Br)c(F)c2)c1F. The van der Waals surface area contributed by atoms with E-state index >= 15 is 0 Å². The molecule has 0 saturated heterocycles. The largest absolute Gasteiger partial charge is 0.383 e. The van der Waals surface area contributed by atoms with Gasteiger partial charge in [-0.05, 0) is 52.2 Å². The molecule has 1 unspecified atom stereocenters. The molecule has 5 heteroatoms. The maximum atomic E-state index is 13.9. The van der Waals surface area contributed by atoms with Gasteiger partial charge in [0.1, 0.15) is 23.6 Å². The van der Waals surface area contributed by atoms with Crippen molar-refractivity contribution in [1.82, 2.24) is 0 Å². The summed E-state index contributed by atoms with van der Waals surface area (Å²) in [4.78, 5) is 0. The Balaban J connectivity index is 2.52. The molecule has 100 valence electrons. The van der Waals surface area contributed by atoms with Gasteiger partial charge >= 0.3 is 0 Å². The maximum Gasteiger partial charge on any atom is 0.137 e. The molecule has 0 aliphatic heterocycles. The second-order valence-electron chi connectivity index (χ2n) is 4.17. The van der Waals surface area contributed by atoms with Gasteiger partial charge in [-0.2, -0.15) is 0 Å². The first-order chi connectivity index (χ1) is 8.91. The lowest BCUT2D eigenvalue weighted by molar-refractivity contribution is 0.208. The van der Waals surface area contributed by atoms with E-state index in [-0.39, 0.29) is 15.6 Å². The third-order valence-corrected chi connectivity index (χ3v) is 3.50. The van der Waals surface area contributed by atoms with E-state index in [9.17, 15) is 18.3 Å². The normalized spacial score (nSPS) is 12.5. The summed E-state index contributed by atoms with van der Waals surface area (Å²) in [7, 11) is 0. The van der Waals surface area contributed by atoms with Crippen molar-refractivity contribution in [1.29, 1.82) is 0 Å². The van der Waals surface area contributed by atoms with Gasteiger partial charge < -0.3 is 5.11 Å². The molecule has 0 amide bonds. The van der Waals surface area contributed by atoms with E-state index in [0.717, 1.165) is 12.1 Å². The Hall–Kier alpha value is -1.33. The van der Waals surface area contributed by atoms with Crippen molar-refractivity contribution in [3.05, 3.63) is 68.9 Å². The summed E-state index contributed by atoms with van der Waals surface area (Å²) >= 11 is 2.97. The molecule has 0 radical (unpaired) electrons. The summed E-state index contributed by atoms with van der Waals surface area (Å²) in [6.07, 6.45) is -1.55. The van der Waals surface area contributed by atoms with Crippen LogP contribution in [0.15, 0.2) is 34.8 Å². The summed E-state index contributed by atoms with van der Waals surface area (Å²) in [5, 5.41) is 10.0. The molecule has 0 fully saturated rings. The minimum atomic E-state index is -1.55. The number of hydrogen-bond donors (Lipinski definition) is 1. The third kappa shape index (κ3) is 2.67. The van der Waals surface area contributed by atoms with Gasteiger partial charge in [-0.25, -0.2) is 13.2 Å². The lowest BCUT2D eigenvalue weighted by Gasteiger charge is -2.15. The Morgan fingerprint density at radius 1 is 1.05 bits per heavy atom. The van der Waals surface area contributed by atoms with Gasteiger partial charge in [0.2, 0.25) is 0 Å². The fraction of sp³-hybridized carbons (Fsp3) is 0.143. The molecule has 1 atom stereocenters. The fourth-order valence-electron chi connectivity index (χ4n) is 1.78. The van der Waals surface area contributed by atoms with Crippen LogP contribution in [0.1, 0.15) is 22.8 Å². The third-order valence-electron chi connectivity index (χ3n) is 2.85. The number of benzene rings is 2. The highest BCUT2D eigenvalue weighted by Gasteiger charge is 2.21. The predicted octanol–water partition coefficient (Wildman–Crippen LogP) is 4.26. The molecule has 0 saturated carbocycles. The van der Waals surface area contributed by atoms with Gasteiger partial charge in [0, 0.05) is 0 Å². The number of hydrogen-bond acceptors (Lipinski definition) is 1. The fourth-order valence-corrected chi connectivity index (χ4v) is 2.02. The first-order valence-corrected chi connectivity index (χ1v) is 6.28. The minimum absolute atomic E-state index is 0.0871. The molecule has 19 heavy (non-hydrogen) atoms. The molecule has 1 nitrogen and oxygen atoms in total. The molecule has 0 heterocycles. The minimum Gasteiger partial charge on any atom is -0.383 e. The van der Waals surface area contributed by atoms with Gasteiger partial charge in [-0.15, -0.1) is 0 Å². The highest BCUT2D eigenvalue weighted by molar-refractivity contribution is 9.10. The van der Waals surface area contributed by atoms with Gasteiger partial charge in [0.25, 0.3) is 0 Å². The van der Waals surface area contributed by atoms with E-state index in [4.69, 9.17) is 0 Å². The average Bonchev–Trinajstić information content (AvgIpc) is 2.37. The van der Waals surface area contributed by atoms with E-state index in [1.54, 1.807) is 0 Å². The lowest BCUT2D eigenvalue weighted by Crippen LogP contribution is -2.07. The Kier molecular flexibility index (Phi) is 3.96. The molecule has 2 rings (SSSR count). The Morgan fingerprint density at radius 2 is 1.74 bits per heavy atom. The lowest BCUT2D eigenvalue weighted by atomic mass is 9.98. The van der Waals surface area contributed by atoms with Crippen LogP contribution in [0.25, 0.3) is 0 Å². The van der Waals surface area contributed by atoms with Gasteiger partial charge in [-0.3, -0.25) is 0 Å². The van der Waals surface area contributed by atoms with Gasteiger partial charge in [-0.1, -0.05) is 12.1 Å². The summed E-state index contributed by atoms with van der Waals surface area (Å²) in [6.45, 7) is 1.47. The second-order valence-corrected chi connectivity index (χ2v) is 5.02. The zero-order valence-electron chi connectivity index (χ0n) is 9.92. The van der Waals surface area contributed by atoms with Crippen molar-refractivity contribution in [3.63, 3.8) is 0 Å². The van der Waals surface area contributed by atoms with Crippen molar-refractivity contribution in [3.8, 4) is 0 Å². The quantitative estimate of drug-likeness (QED) is 0.872. The van der Waals surface area contributed by atoms with E-state index in [1.807, 2.05) is 0 Å². The Bertz CT molecular complexity index is 628. The van der Waals surface area contributed by atoms with Crippen molar-refractivity contribution in [2.75, 3.05) is 0 Å². The zero-order valence-corrected chi connectivity index (χ0v) is 11.5. The highest BCUT2D eigenvalue weighted by Crippen LogP contribution is 2.30. The summed E-state index contributed by atoms with van der Waals surface area (Å²) in [5.41, 5.74) is -0.168. The topological polar surface area (TPSA) is 20.2 Å². The second kappa shape index (κ2) is 5.35. The van der Waals surface area contributed by atoms with E-state index < -0.39 is 29.1 Å². The standard InChI is InChI=1S/C14H10BrF3O/c1-7-2-5-10(16)12(13(7)18)14(19)8-3-4-9(15)11(17)6-8/h2-6,14,19H,1H3. The van der Waals surface area contributed by atoms with Crippen LogP contribution in [0.4, 0.5) is 13.2 Å². The monoisotopic (exact) mass is 330 g/mol. The first kappa shape index (κ1) is 14.1. The average molecular weight is 331 g/mol. The van der Waals surface area contributed by atoms with E-state index in [1.165, 1.54) is 25.1 Å². The summed E-state index contributed by atoms with van der Waals surface area (Å²) < 4.78 is 41.1. The van der Waals surface area contributed by atoms with Gasteiger partial charge in [0.15, 0.2) is 0 Å². The highest BCUT2D eigenvalue weighted by atomic mass is 79.9. The maximum absolute atomic E-state index is 13.9. The number of rotatable bonds is 2. The smallest absolute Gasteiger partial charge is 0.137 e. The summed E-state index contributed by atoms with van der Waals surface area (Å²) in [5.74, 6) is -2.29. The van der Waals surface area contributed by atoms with Crippen molar-refractivity contribution >= 4 is 15.9 Å². The zero-order chi connectivity index (χ0) is 14.2. The Morgan fingerprint density at radius 3 is 2.37 bits per heavy atom. The van der Waals surface area contributed by atoms with Crippen LogP contribution in [0.3, 0.4) is 0 Å². The first-order valence-electron chi connectivity index (χ1n) is 5.49. The summed E-state index contributed by atoms with van der Waals surface area (Å²) in [6, 6.07) is 6.17. The van der Waals surface area contributed by atoms with E-state index in [2.05, 4.69) is 15.9 Å². The number of aliphatic hydroxyl groups is 1. The van der Waals surface area contributed by atoms with Crippen LogP contribution in [0.2, 0.25) is 0 Å². The number of halogens is 4. The molecule has 0 bridgehead atoms. The molecule has 0 spiro atoms. The van der Waals surface area contributed by atoms with Crippen LogP contribution < -0.4 is 0 Å². The molecule has 2 aromatic carbocycles. The van der Waals surface area contributed by atoms with E-state index in [0.29, 0.717) is 0 Å². The van der Waals surface area contributed by atoms with Crippen LogP contribution in [0, 0.1) is 24.4 Å². The molecular formula is C14H10BrF3O. The Labute approximate surface area is 116 Å². The molecule has 1 N–H and O–H groups in total. The van der Waals surface area contributed by atoms with Crippen molar-refractivity contribution < 1.29 is 18.3 Å². The molecular weight excluding hydrogens is 321 g/mol. The van der Waals surface area contributed by atoms with Crippen molar-refractivity contribution in [2.45, 2.75) is 13.0 Å². The number of aryl methyl sites for hydroxylation is 1. The van der Waals surface area contributed by atoms with Gasteiger partial charge in [0.05, 0.1) is 10.0 Å². The molecule has 0 aliphatic carbocycles. The van der Waals surface area contributed by atoms with Crippen molar-refractivity contribution in [2.24, 2.45) is 0 Å². The predicted molar refractivity (Wildman–Crippen MR) is 69.3 cm³/mol. The van der Waals surface area contributed by atoms with Crippen LogP contribution in [-0.2, 0) is 0 Å².